The number of hydrogen-bond acceptors (Lipinski definition) is 4. The predicted molar refractivity (Wildman–Crippen MR) is 66.1 cm³/mol. The van der Waals surface area contributed by atoms with Crippen LogP contribution in [0, 0.1) is 5.92 Å². The fraction of sp³-hybridized carbons (Fsp3) is 0.750. The number of nitrogens with two attached hydrogens (primary N) is 1. The quantitative estimate of drug-likeness (QED) is 0.598. The minimum absolute atomic E-state index is 0.0778. The lowest BCUT2D eigenvalue weighted by molar-refractivity contribution is 0.0938. The Kier molecular flexibility index (Phi) is 4.15. The molecule has 3 unspecified atom stereocenters. The average Bonchev–Trinajstić information content (AvgIpc) is 2.92. The molecule has 0 aliphatic carbocycles. The summed E-state index contributed by atoms with van der Waals surface area (Å²) >= 11 is 0. The van der Waals surface area contributed by atoms with Crippen molar-refractivity contribution < 1.29 is 4.74 Å². The molecule has 3 atom stereocenters. The van der Waals surface area contributed by atoms with E-state index >= 15 is 0 Å². The van der Waals surface area contributed by atoms with Gasteiger partial charge in [-0.25, -0.2) is 10.4 Å². The summed E-state index contributed by atoms with van der Waals surface area (Å²) in [6.45, 7) is 6.07. The lowest BCUT2D eigenvalue weighted by Gasteiger charge is -2.25. The summed E-state index contributed by atoms with van der Waals surface area (Å²) in [5.41, 5.74) is 2.91. The van der Waals surface area contributed by atoms with Crippen LogP contribution in [0.15, 0.2) is 12.4 Å². The Morgan fingerprint density at radius 3 is 3.12 bits per heavy atom. The first-order valence-corrected chi connectivity index (χ1v) is 6.36. The summed E-state index contributed by atoms with van der Waals surface area (Å²) in [5.74, 6) is 7.14. The first-order valence-electron chi connectivity index (χ1n) is 6.36. The normalized spacial score (nSPS) is 26.3. The summed E-state index contributed by atoms with van der Waals surface area (Å²) < 4.78 is 7.79. The topological polar surface area (TPSA) is 65.1 Å². The van der Waals surface area contributed by atoms with Crippen molar-refractivity contribution >= 4 is 0 Å². The Labute approximate surface area is 102 Å². The van der Waals surface area contributed by atoms with Crippen molar-refractivity contribution in [1.29, 1.82) is 0 Å². The van der Waals surface area contributed by atoms with Crippen molar-refractivity contribution in [2.45, 2.75) is 45.4 Å². The molecule has 0 aromatic carbocycles. The maximum atomic E-state index is 5.71. The second-order valence-corrected chi connectivity index (χ2v) is 4.65. The Balaban J connectivity index is 2.19. The van der Waals surface area contributed by atoms with Crippen molar-refractivity contribution in [2.24, 2.45) is 11.8 Å². The van der Waals surface area contributed by atoms with Crippen LogP contribution in [0.3, 0.4) is 0 Å². The molecule has 0 amide bonds. The van der Waals surface area contributed by atoms with Crippen LogP contribution in [0.4, 0.5) is 0 Å². The molecule has 1 fully saturated rings. The zero-order chi connectivity index (χ0) is 12.3. The number of rotatable bonds is 5. The molecular formula is C12H22N4O. The van der Waals surface area contributed by atoms with Gasteiger partial charge in [-0.05, 0) is 19.8 Å². The molecule has 1 aliphatic heterocycles. The van der Waals surface area contributed by atoms with Crippen LogP contribution in [0.5, 0.6) is 0 Å². The lowest BCUT2D eigenvalue weighted by atomic mass is 9.93. The van der Waals surface area contributed by atoms with Gasteiger partial charge >= 0.3 is 0 Å². The third-order valence-corrected chi connectivity index (χ3v) is 3.53. The second kappa shape index (κ2) is 5.62. The number of hydrogen-bond donors (Lipinski definition) is 2. The van der Waals surface area contributed by atoms with Gasteiger partial charge in [0.2, 0.25) is 0 Å². The molecule has 17 heavy (non-hydrogen) atoms. The largest absolute Gasteiger partial charge is 0.378 e. The summed E-state index contributed by atoms with van der Waals surface area (Å²) in [7, 11) is 0. The predicted octanol–water partition coefficient (Wildman–Crippen LogP) is 1.22. The van der Waals surface area contributed by atoms with Gasteiger partial charge in [0.1, 0.15) is 5.82 Å². The van der Waals surface area contributed by atoms with Gasteiger partial charge < -0.3 is 9.30 Å². The molecule has 5 nitrogen and oxygen atoms in total. The number of nitrogens with zero attached hydrogens (tertiary/aromatic N) is 2. The van der Waals surface area contributed by atoms with Crippen molar-refractivity contribution in [3.8, 4) is 0 Å². The number of aryl methyl sites for hydroxylation is 1. The number of imidazole rings is 1. The van der Waals surface area contributed by atoms with E-state index in [9.17, 15) is 0 Å². The summed E-state index contributed by atoms with van der Waals surface area (Å²) in [4.78, 5) is 4.45. The lowest BCUT2D eigenvalue weighted by Crippen LogP contribution is -2.38. The van der Waals surface area contributed by atoms with Crippen LogP contribution in [0.25, 0.3) is 0 Å². The smallest absolute Gasteiger partial charge is 0.127 e. The minimum Gasteiger partial charge on any atom is -0.378 e. The highest BCUT2D eigenvalue weighted by atomic mass is 16.5. The Morgan fingerprint density at radius 2 is 2.53 bits per heavy atom. The average molecular weight is 238 g/mol. The van der Waals surface area contributed by atoms with E-state index in [0.717, 1.165) is 31.8 Å². The number of ether oxygens (including phenoxy) is 1. The van der Waals surface area contributed by atoms with Crippen LogP contribution in [0.1, 0.15) is 38.6 Å². The van der Waals surface area contributed by atoms with Gasteiger partial charge in [-0.15, -0.1) is 0 Å². The molecule has 1 aliphatic rings. The van der Waals surface area contributed by atoms with E-state index in [-0.39, 0.29) is 12.1 Å². The van der Waals surface area contributed by atoms with Crippen LogP contribution in [0.2, 0.25) is 0 Å². The highest BCUT2D eigenvalue weighted by Crippen LogP contribution is 2.32. The van der Waals surface area contributed by atoms with Gasteiger partial charge in [0, 0.05) is 31.5 Å². The van der Waals surface area contributed by atoms with Crippen LogP contribution < -0.4 is 11.3 Å². The zero-order valence-corrected chi connectivity index (χ0v) is 10.6. The third-order valence-electron chi connectivity index (χ3n) is 3.53. The summed E-state index contributed by atoms with van der Waals surface area (Å²) in [6, 6.07) is 0.0778. The second-order valence-electron chi connectivity index (χ2n) is 4.65. The highest BCUT2D eigenvalue weighted by Gasteiger charge is 2.34. The molecule has 2 rings (SSSR count). The molecule has 1 saturated heterocycles. The Morgan fingerprint density at radius 1 is 1.71 bits per heavy atom. The molecule has 96 valence electrons. The molecular weight excluding hydrogens is 216 g/mol. The fourth-order valence-corrected chi connectivity index (χ4v) is 2.61. The monoisotopic (exact) mass is 238 g/mol. The van der Waals surface area contributed by atoms with E-state index in [1.165, 1.54) is 0 Å². The van der Waals surface area contributed by atoms with Crippen molar-refractivity contribution in [2.75, 3.05) is 6.61 Å². The van der Waals surface area contributed by atoms with Gasteiger partial charge in [0.25, 0.3) is 0 Å². The Bertz CT molecular complexity index is 352. The van der Waals surface area contributed by atoms with E-state index in [4.69, 9.17) is 10.6 Å². The molecule has 1 aromatic heterocycles. The van der Waals surface area contributed by atoms with Gasteiger partial charge in [-0.1, -0.05) is 6.92 Å². The molecule has 3 N–H and O–H groups in total. The van der Waals surface area contributed by atoms with E-state index in [1.54, 1.807) is 0 Å². The van der Waals surface area contributed by atoms with Crippen LogP contribution >= 0.6 is 0 Å². The molecule has 5 heteroatoms. The van der Waals surface area contributed by atoms with Gasteiger partial charge in [-0.2, -0.15) is 0 Å². The van der Waals surface area contributed by atoms with Gasteiger partial charge in [0.05, 0.1) is 12.1 Å². The van der Waals surface area contributed by atoms with Crippen LogP contribution in [-0.2, 0) is 11.3 Å². The van der Waals surface area contributed by atoms with Crippen molar-refractivity contribution in [3.63, 3.8) is 0 Å². The third kappa shape index (κ3) is 2.51. The summed E-state index contributed by atoms with van der Waals surface area (Å²) in [6.07, 6.45) is 6.23. The van der Waals surface area contributed by atoms with Crippen molar-refractivity contribution in [1.82, 2.24) is 15.0 Å². The van der Waals surface area contributed by atoms with E-state index in [2.05, 4.69) is 28.8 Å². The maximum absolute atomic E-state index is 5.71. The molecule has 0 radical (unpaired) electrons. The number of nitrogens with one attached hydrogen (secondary N) is 1. The molecule has 0 bridgehead atoms. The van der Waals surface area contributed by atoms with E-state index < -0.39 is 0 Å². The highest BCUT2D eigenvalue weighted by molar-refractivity contribution is 5.03. The van der Waals surface area contributed by atoms with Gasteiger partial charge in [0.15, 0.2) is 0 Å². The Hall–Kier alpha value is -0.910. The SMILES string of the molecule is CCCn1ccnc1C(NN)C1CCOC1C. The molecule has 2 heterocycles. The number of hydrazine groups is 1. The minimum atomic E-state index is 0.0778. The van der Waals surface area contributed by atoms with E-state index in [0.29, 0.717) is 5.92 Å². The van der Waals surface area contributed by atoms with Crippen molar-refractivity contribution in [3.05, 3.63) is 18.2 Å². The summed E-state index contributed by atoms with van der Waals surface area (Å²) in [5, 5.41) is 0. The van der Waals surface area contributed by atoms with Gasteiger partial charge in [-0.3, -0.25) is 5.84 Å². The zero-order valence-electron chi connectivity index (χ0n) is 10.6. The fourth-order valence-electron chi connectivity index (χ4n) is 2.61. The maximum Gasteiger partial charge on any atom is 0.127 e. The van der Waals surface area contributed by atoms with Crippen LogP contribution in [-0.4, -0.2) is 22.3 Å². The molecule has 0 spiro atoms. The standard InChI is InChI=1S/C12H22N4O/c1-3-6-16-7-5-14-12(16)11(15-13)10-4-8-17-9(10)2/h5,7,9-11,15H,3-4,6,8,13H2,1-2H3. The van der Waals surface area contributed by atoms with E-state index in [1.807, 2.05) is 12.4 Å². The molecule has 0 saturated carbocycles. The number of aromatic nitrogens is 2. The molecule has 1 aromatic rings. The first-order chi connectivity index (χ1) is 8.27. The first kappa shape index (κ1) is 12.5.